The molecule has 1 atom stereocenters. The van der Waals surface area contributed by atoms with Gasteiger partial charge in [0, 0.05) is 61.3 Å². The minimum atomic E-state index is -0.976. The lowest BCUT2D eigenvalue weighted by atomic mass is 10.1. The highest BCUT2D eigenvalue weighted by Crippen LogP contribution is 2.47. The van der Waals surface area contributed by atoms with Crippen LogP contribution >= 0.6 is 11.3 Å². The first-order valence-electron chi connectivity index (χ1n) is 20.0. The average molecular weight is 835 g/mol. The maximum atomic E-state index is 13.2. The van der Waals surface area contributed by atoms with Crippen molar-refractivity contribution in [2.45, 2.75) is 58.7 Å². The number of ether oxygens (including phenoxy) is 4. The molecule has 3 amide bonds. The number of nitrogens with zero attached hydrogens (tertiary/aromatic N) is 3. The molecule has 1 fully saturated rings. The van der Waals surface area contributed by atoms with Crippen molar-refractivity contribution < 1.29 is 43.2 Å². The maximum absolute atomic E-state index is 13.2. The largest absolute Gasteiger partial charge is 0.508 e. The van der Waals surface area contributed by atoms with E-state index in [1.165, 1.54) is 10.5 Å². The summed E-state index contributed by atoms with van der Waals surface area (Å²) in [5.41, 5.74) is 8.27. The third kappa shape index (κ3) is 10.2. The van der Waals surface area contributed by atoms with Gasteiger partial charge in [0.25, 0.3) is 11.8 Å². The maximum Gasteiger partial charge on any atom is 0.306 e. The second-order valence-electron chi connectivity index (χ2n) is 16.0. The number of fused-ring (bicyclic) bond motifs is 2. The highest BCUT2D eigenvalue weighted by Gasteiger charge is 2.36. The number of benzene rings is 4. The topological polar surface area (TPSA) is 161 Å². The number of amides is 3. The molecule has 2 aliphatic rings. The quantitative estimate of drug-likeness (QED) is 0.106. The summed E-state index contributed by atoms with van der Waals surface area (Å²) in [5, 5.41) is 11.0. The Hall–Kier alpha value is -6.12. The fraction of sp³-hybridized carbons (Fsp3) is 0.348. The third-order valence-corrected chi connectivity index (χ3v) is 11.6. The van der Waals surface area contributed by atoms with Gasteiger partial charge >= 0.3 is 5.97 Å². The first kappa shape index (κ1) is 42.0. The van der Waals surface area contributed by atoms with Crippen LogP contribution in [-0.4, -0.2) is 101 Å². The van der Waals surface area contributed by atoms with Crippen molar-refractivity contribution >= 4 is 45.1 Å². The lowest BCUT2D eigenvalue weighted by molar-refractivity contribution is -0.155. The number of phenols is 1. The Morgan fingerprint density at radius 3 is 2.27 bits per heavy atom. The van der Waals surface area contributed by atoms with Crippen molar-refractivity contribution in [3.63, 3.8) is 0 Å². The number of aromatic hydroxyl groups is 1. The second kappa shape index (κ2) is 18.0. The second-order valence-corrected chi connectivity index (χ2v) is 17.1. The number of piperazine rings is 1. The van der Waals surface area contributed by atoms with E-state index in [9.17, 15) is 24.3 Å². The summed E-state index contributed by atoms with van der Waals surface area (Å²) in [5.74, 6) is 1.13. The van der Waals surface area contributed by atoms with Crippen LogP contribution in [0.1, 0.15) is 55.1 Å². The van der Waals surface area contributed by atoms with E-state index in [0.717, 1.165) is 32.0 Å². The molecule has 14 heteroatoms. The van der Waals surface area contributed by atoms with Crippen LogP contribution in [0, 0.1) is 6.92 Å². The minimum Gasteiger partial charge on any atom is -0.508 e. The molecule has 4 aromatic carbocycles. The Kier molecular flexibility index (Phi) is 12.6. The average Bonchev–Trinajstić information content (AvgIpc) is 3.73. The Morgan fingerprint density at radius 1 is 0.867 bits per heavy atom. The molecule has 0 aliphatic carbocycles. The Bertz CT molecular complexity index is 2360. The number of primary amides is 1. The molecular formula is C46H50N4O9S. The summed E-state index contributed by atoms with van der Waals surface area (Å²) < 4.78 is 24.7. The smallest absolute Gasteiger partial charge is 0.306 e. The molecule has 314 valence electrons. The molecule has 0 spiro atoms. The molecule has 60 heavy (non-hydrogen) atoms. The SMILES string of the molecule is Cc1ccc(-c2sc3cc(O)ccc3c2Oc2ccc(OCCN3CCN(C(=O)COc4ccc5c(c4)CN([C@@H](CCC(=O)OC(C)(C)C)C(N)=O)C5=O)CC3)cc2)cc1. The zero-order valence-corrected chi connectivity index (χ0v) is 35.1. The van der Waals surface area contributed by atoms with E-state index in [4.69, 9.17) is 24.7 Å². The van der Waals surface area contributed by atoms with Gasteiger partial charge in [-0.1, -0.05) is 29.8 Å². The molecule has 2 aliphatic heterocycles. The number of hydrogen-bond acceptors (Lipinski definition) is 11. The first-order chi connectivity index (χ1) is 28.7. The van der Waals surface area contributed by atoms with E-state index in [1.807, 2.05) is 30.3 Å². The van der Waals surface area contributed by atoms with Gasteiger partial charge in [-0.25, -0.2) is 0 Å². The number of esters is 1. The standard InChI is InChI=1S/C46H50N4O9S/c1-29-5-7-30(8-6-29)43-42(37-15-9-32(51)26-39(37)60-43)58-34-12-10-33(11-13-34)56-24-23-48-19-21-49(22-20-48)40(52)28-57-35-14-16-36-31(25-35)27-50(45(36)55)38(44(47)54)17-18-41(53)59-46(2,3)4/h5-16,25-26,38,51H,17-24,27-28H2,1-4H3,(H2,47,54)/t38-/m0/s1. The van der Waals surface area contributed by atoms with Gasteiger partial charge in [0.15, 0.2) is 12.4 Å². The van der Waals surface area contributed by atoms with Crippen molar-refractivity contribution in [3.8, 4) is 39.2 Å². The fourth-order valence-corrected chi connectivity index (χ4v) is 8.46. The lowest BCUT2D eigenvalue weighted by Gasteiger charge is -2.34. The van der Waals surface area contributed by atoms with Crippen LogP contribution in [0.4, 0.5) is 0 Å². The predicted octanol–water partition coefficient (Wildman–Crippen LogP) is 6.91. The van der Waals surface area contributed by atoms with Crippen molar-refractivity contribution in [1.82, 2.24) is 14.7 Å². The molecule has 0 saturated carbocycles. The molecular weight excluding hydrogens is 785 g/mol. The number of rotatable bonds is 15. The summed E-state index contributed by atoms with van der Waals surface area (Å²) in [6.45, 7) is 11.0. The predicted molar refractivity (Wildman–Crippen MR) is 229 cm³/mol. The number of phenolic OH excluding ortho intramolecular Hbond substituents is 1. The molecule has 5 aromatic rings. The highest BCUT2D eigenvalue weighted by molar-refractivity contribution is 7.22. The highest BCUT2D eigenvalue weighted by atomic mass is 32.1. The van der Waals surface area contributed by atoms with Gasteiger partial charge in [-0.3, -0.25) is 24.1 Å². The van der Waals surface area contributed by atoms with Gasteiger partial charge in [0.2, 0.25) is 5.91 Å². The normalized spacial score (nSPS) is 14.8. The number of carbonyl (C=O) groups excluding carboxylic acids is 4. The fourth-order valence-electron chi connectivity index (χ4n) is 7.29. The van der Waals surface area contributed by atoms with Gasteiger partial charge in [-0.15, -0.1) is 11.3 Å². The first-order valence-corrected chi connectivity index (χ1v) is 20.8. The van der Waals surface area contributed by atoms with Crippen LogP contribution < -0.4 is 19.9 Å². The zero-order valence-electron chi connectivity index (χ0n) is 34.3. The third-order valence-electron chi connectivity index (χ3n) is 10.4. The van der Waals surface area contributed by atoms with Crippen LogP contribution in [-0.2, 0) is 25.7 Å². The number of carbonyl (C=O) groups is 4. The van der Waals surface area contributed by atoms with E-state index in [-0.39, 0.29) is 43.6 Å². The van der Waals surface area contributed by atoms with Gasteiger partial charge in [0.1, 0.15) is 41.2 Å². The molecule has 1 saturated heterocycles. The molecule has 0 radical (unpaired) electrons. The summed E-state index contributed by atoms with van der Waals surface area (Å²) in [6.07, 6.45) is -0.0130. The van der Waals surface area contributed by atoms with Crippen molar-refractivity contribution in [1.29, 1.82) is 0 Å². The number of thiophene rings is 1. The van der Waals surface area contributed by atoms with Crippen molar-refractivity contribution in [3.05, 3.63) is 102 Å². The van der Waals surface area contributed by atoms with Crippen LogP contribution in [0.3, 0.4) is 0 Å². The monoisotopic (exact) mass is 834 g/mol. The Morgan fingerprint density at radius 2 is 1.57 bits per heavy atom. The van der Waals surface area contributed by atoms with Gasteiger partial charge in [-0.05, 0) is 106 Å². The van der Waals surface area contributed by atoms with Gasteiger partial charge in [-0.2, -0.15) is 0 Å². The molecule has 3 heterocycles. The molecule has 0 bridgehead atoms. The summed E-state index contributed by atoms with van der Waals surface area (Å²) in [4.78, 5) is 57.3. The van der Waals surface area contributed by atoms with E-state index in [2.05, 4.69) is 36.1 Å². The minimum absolute atomic E-state index is 0.0474. The zero-order chi connectivity index (χ0) is 42.6. The van der Waals surface area contributed by atoms with Crippen molar-refractivity contribution in [2.24, 2.45) is 5.73 Å². The van der Waals surface area contributed by atoms with E-state index in [1.54, 1.807) is 67.3 Å². The molecule has 0 unspecified atom stereocenters. The van der Waals surface area contributed by atoms with Crippen LogP contribution in [0.2, 0.25) is 0 Å². The number of aryl methyl sites for hydroxylation is 1. The number of hydrogen-bond donors (Lipinski definition) is 2. The van der Waals surface area contributed by atoms with Crippen molar-refractivity contribution in [2.75, 3.05) is 45.9 Å². The lowest BCUT2D eigenvalue weighted by Crippen LogP contribution is -2.50. The Balaban J connectivity index is 0.846. The number of nitrogens with two attached hydrogens (primary N) is 1. The van der Waals surface area contributed by atoms with Crippen LogP contribution in [0.5, 0.6) is 28.7 Å². The van der Waals surface area contributed by atoms with Gasteiger partial charge in [0.05, 0.1) is 4.88 Å². The van der Waals surface area contributed by atoms with E-state index in [0.29, 0.717) is 62.0 Å². The van der Waals surface area contributed by atoms with E-state index < -0.39 is 23.5 Å². The summed E-state index contributed by atoms with van der Waals surface area (Å²) in [6, 6.07) is 25.2. The van der Waals surface area contributed by atoms with Crippen LogP contribution in [0.15, 0.2) is 84.9 Å². The van der Waals surface area contributed by atoms with Crippen LogP contribution in [0.25, 0.3) is 20.5 Å². The molecule has 1 aromatic heterocycles. The summed E-state index contributed by atoms with van der Waals surface area (Å²) >= 11 is 1.58. The Labute approximate surface area is 353 Å². The summed E-state index contributed by atoms with van der Waals surface area (Å²) in [7, 11) is 0. The van der Waals surface area contributed by atoms with Gasteiger partial charge < -0.3 is 39.6 Å². The molecule has 3 N–H and O–H groups in total. The molecule has 7 rings (SSSR count). The van der Waals surface area contributed by atoms with E-state index >= 15 is 0 Å². The molecule has 13 nitrogen and oxygen atoms in total.